The van der Waals surface area contributed by atoms with Gasteiger partial charge in [0.25, 0.3) is 0 Å². The van der Waals surface area contributed by atoms with E-state index in [2.05, 4.69) is 4.98 Å². The largest absolute Gasteiger partial charge is 0.264 e. The van der Waals surface area contributed by atoms with E-state index in [-0.39, 0.29) is 5.56 Å². The topological polar surface area (TPSA) is 36.7 Å². The summed E-state index contributed by atoms with van der Waals surface area (Å²) < 4.78 is 13.9. The highest BCUT2D eigenvalue weighted by Gasteiger charge is 2.10. The Bertz CT molecular complexity index is 570. The molecule has 1 aromatic heterocycles. The third-order valence-corrected chi connectivity index (χ3v) is 2.45. The van der Waals surface area contributed by atoms with E-state index in [0.29, 0.717) is 5.56 Å². The van der Waals surface area contributed by atoms with Gasteiger partial charge in [0.2, 0.25) is 0 Å². The van der Waals surface area contributed by atoms with Gasteiger partial charge >= 0.3 is 0 Å². The molecule has 0 atom stereocenters. The fourth-order valence-electron chi connectivity index (χ4n) is 1.57. The number of benzene rings is 1. The lowest BCUT2D eigenvalue weighted by molar-refractivity contribution is 0.627. The first kappa shape index (κ1) is 10.3. The zero-order chi connectivity index (χ0) is 11.5. The van der Waals surface area contributed by atoms with Crippen LogP contribution in [-0.2, 0) is 0 Å². The number of nitrogens with zero attached hydrogens (tertiary/aromatic N) is 2. The van der Waals surface area contributed by atoms with Gasteiger partial charge < -0.3 is 0 Å². The average molecular weight is 212 g/mol. The molecule has 1 aromatic carbocycles. The summed E-state index contributed by atoms with van der Waals surface area (Å²) in [4.78, 5) is 3.97. The number of hydrogen-bond donors (Lipinski definition) is 0. The zero-order valence-corrected chi connectivity index (χ0v) is 8.74. The van der Waals surface area contributed by atoms with Crippen LogP contribution in [0.4, 0.5) is 4.39 Å². The van der Waals surface area contributed by atoms with Gasteiger partial charge in [-0.15, -0.1) is 0 Å². The molecule has 0 aliphatic carbocycles. The average Bonchev–Trinajstić information content (AvgIpc) is 2.31. The molecule has 3 heteroatoms. The van der Waals surface area contributed by atoms with E-state index in [9.17, 15) is 4.39 Å². The van der Waals surface area contributed by atoms with Crippen molar-refractivity contribution in [1.82, 2.24) is 4.98 Å². The number of halogens is 1. The van der Waals surface area contributed by atoms with Gasteiger partial charge in [-0.1, -0.05) is 12.1 Å². The van der Waals surface area contributed by atoms with Crippen LogP contribution in [0.1, 0.15) is 11.1 Å². The first-order valence-corrected chi connectivity index (χ1v) is 4.83. The maximum Gasteiger partial charge on any atom is 0.148 e. The monoisotopic (exact) mass is 212 g/mol. The smallest absolute Gasteiger partial charge is 0.148 e. The molecule has 0 unspecified atom stereocenters. The Kier molecular flexibility index (Phi) is 2.65. The first-order chi connectivity index (χ1) is 7.74. The second-order valence-corrected chi connectivity index (χ2v) is 3.47. The van der Waals surface area contributed by atoms with Crippen LogP contribution in [0.2, 0.25) is 0 Å². The minimum Gasteiger partial charge on any atom is -0.264 e. The molecule has 0 bridgehead atoms. The van der Waals surface area contributed by atoms with Gasteiger partial charge in [-0.05, 0) is 24.6 Å². The second kappa shape index (κ2) is 4.11. The van der Waals surface area contributed by atoms with E-state index in [0.717, 1.165) is 11.1 Å². The van der Waals surface area contributed by atoms with Crippen LogP contribution < -0.4 is 0 Å². The minimum atomic E-state index is -0.485. The predicted octanol–water partition coefficient (Wildman–Crippen LogP) is 3.07. The molecular formula is C13H9FN2. The van der Waals surface area contributed by atoms with E-state index < -0.39 is 5.82 Å². The van der Waals surface area contributed by atoms with Crippen LogP contribution in [0.15, 0.2) is 36.7 Å². The lowest BCUT2D eigenvalue weighted by Gasteiger charge is -2.06. The minimum absolute atomic E-state index is 0.0563. The van der Waals surface area contributed by atoms with Crippen molar-refractivity contribution < 1.29 is 4.39 Å². The Morgan fingerprint density at radius 1 is 1.25 bits per heavy atom. The van der Waals surface area contributed by atoms with Crippen LogP contribution >= 0.6 is 0 Å². The third kappa shape index (κ3) is 1.66. The molecule has 2 rings (SSSR count). The number of hydrogen-bond acceptors (Lipinski definition) is 2. The van der Waals surface area contributed by atoms with Gasteiger partial charge in [0, 0.05) is 23.5 Å². The van der Waals surface area contributed by atoms with Crippen LogP contribution in [0, 0.1) is 24.1 Å². The van der Waals surface area contributed by atoms with Crippen molar-refractivity contribution in [3.8, 4) is 17.2 Å². The molecule has 0 spiro atoms. The summed E-state index contributed by atoms with van der Waals surface area (Å²) in [6.45, 7) is 1.88. The summed E-state index contributed by atoms with van der Waals surface area (Å²) in [7, 11) is 0. The molecule has 2 aromatic rings. The number of rotatable bonds is 1. The molecule has 1 heterocycles. The standard InChI is InChI=1S/C13H9FN2/c1-9-5-6-16-8-12(9)11-4-2-3-10(7-15)13(11)14/h2-6,8H,1H3. The van der Waals surface area contributed by atoms with E-state index in [1.807, 2.05) is 19.1 Å². The Morgan fingerprint density at radius 3 is 2.75 bits per heavy atom. The highest BCUT2D eigenvalue weighted by Crippen LogP contribution is 2.26. The molecule has 0 fully saturated rings. The maximum atomic E-state index is 13.9. The van der Waals surface area contributed by atoms with Crippen molar-refractivity contribution in [2.75, 3.05) is 0 Å². The lowest BCUT2D eigenvalue weighted by atomic mass is 10.0. The van der Waals surface area contributed by atoms with Gasteiger partial charge in [0.1, 0.15) is 11.9 Å². The van der Waals surface area contributed by atoms with Crippen LogP contribution in [0.5, 0.6) is 0 Å². The number of nitriles is 1. The second-order valence-electron chi connectivity index (χ2n) is 3.47. The summed E-state index contributed by atoms with van der Waals surface area (Å²) >= 11 is 0. The van der Waals surface area contributed by atoms with Crippen LogP contribution in [-0.4, -0.2) is 4.98 Å². The Labute approximate surface area is 93.0 Å². The fourth-order valence-corrected chi connectivity index (χ4v) is 1.57. The molecule has 2 nitrogen and oxygen atoms in total. The van der Waals surface area contributed by atoms with E-state index in [4.69, 9.17) is 5.26 Å². The van der Waals surface area contributed by atoms with Crippen molar-refractivity contribution >= 4 is 0 Å². The summed E-state index contributed by atoms with van der Waals surface area (Å²) in [6.07, 6.45) is 3.26. The highest BCUT2D eigenvalue weighted by atomic mass is 19.1. The number of aryl methyl sites for hydroxylation is 1. The summed E-state index contributed by atoms with van der Waals surface area (Å²) in [6, 6.07) is 8.43. The van der Waals surface area contributed by atoms with Gasteiger partial charge in [-0.2, -0.15) is 5.26 Å². The van der Waals surface area contributed by atoms with E-state index in [1.54, 1.807) is 24.5 Å². The van der Waals surface area contributed by atoms with Crippen molar-refractivity contribution in [3.05, 3.63) is 53.6 Å². The third-order valence-electron chi connectivity index (χ3n) is 2.45. The van der Waals surface area contributed by atoms with E-state index >= 15 is 0 Å². The SMILES string of the molecule is Cc1ccncc1-c1cccc(C#N)c1F. The maximum absolute atomic E-state index is 13.9. The zero-order valence-electron chi connectivity index (χ0n) is 8.74. The Morgan fingerprint density at radius 2 is 2.06 bits per heavy atom. The Hall–Kier alpha value is -2.21. The fraction of sp³-hybridized carbons (Fsp3) is 0.0769. The van der Waals surface area contributed by atoms with Gasteiger partial charge in [-0.3, -0.25) is 4.98 Å². The molecule has 0 aliphatic heterocycles. The molecule has 0 N–H and O–H groups in total. The lowest BCUT2D eigenvalue weighted by Crippen LogP contribution is -1.91. The van der Waals surface area contributed by atoms with Crippen molar-refractivity contribution in [1.29, 1.82) is 5.26 Å². The Balaban J connectivity index is 2.67. The number of pyridine rings is 1. The molecule has 78 valence electrons. The van der Waals surface area contributed by atoms with Crippen molar-refractivity contribution in [3.63, 3.8) is 0 Å². The van der Waals surface area contributed by atoms with Crippen LogP contribution in [0.3, 0.4) is 0 Å². The molecule has 0 aliphatic rings. The quantitative estimate of drug-likeness (QED) is 0.728. The molecule has 0 saturated heterocycles. The van der Waals surface area contributed by atoms with Crippen molar-refractivity contribution in [2.45, 2.75) is 6.92 Å². The van der Waals surface area contributed by atoms with Crippen LogP contribution in [0.25, 0.3) is 11.1 Å². The van der Waals surface area contributed by atoms with Gasteiger partial charge in [0.05, 0.1) is 5.56 Å². The summed E-state index contributed by atoms with van der Waals surface area (Å²) in [5.41, 5.74) is 2.13. The molecule has 0 amide bonds. The van der Waals surface area contributed by atoms with Gasteiger partial charge in [-0.25, -0.2) is 4.39 Å². The summed E-state index contributed by atoms with van der Waals surface area (Å²) in [5.74, 6) is -0.485. The summed E-state index contributed by atoms with van der Waals surface area (Å²) in [5, 5.41) is 8.75. The number of aromatic nitrogens is 1. The first-order valence-electron chi connectivity index (χ1n) is 4.83. The normalized spacial score (nSPS) is 9.81. The predicted molar refractivity (Wildman–Crippen MR) is 59.1 cm³/mol. The highest BCUT2D eigenvalue weighted by molar-refractivity contribution is 5.68. The van der Waals surface area contributed by atoms with Gasteiger partial charge in [0.15, 0.2) is 0 Å². The van der Waals surface area contributed by atoms with Crippen molar-refractivity contribution in [2.24, 2.45) is 0 Å². The molecular weight excluding hydrogens is 203 g/mol. The molecule has 16 heavy (non-hydrogen) atoms. The molecule has 0 saturated carbocycles. The van der Waals surface area contributed by atoms with E-state index in [1.165, 1.54) is 6.07 Å². The molecule has 0 radical (unpaired) electrons.